The van der Waals surface area contributed by atoms with Crippen molar-refractivity contribution in [1.82, 2.24) is 15.2 Å². The van der Waals surface area contributed by atoms with Crippen molar-refractivity contribution < 1.29 is 9.18 Å². The zero-order valence-electron chi connectivity index (χ0n) is 14.6. The fraction of sp³-hybridized carbons (Fsp3) is 0.400. The lowest BCUT2D eigenvalue weighted by Crippen LogP contribution is -2.47. The average molecular weight is 339 g/mol. The molecule has 2 saturated heterocycles. The maximum atomic E-state index is 13.2. The normalized spacial score (nSPS) is 26.0. The van der Waals surface area contributed by atoms with Crippen LogP contribution in [0.4, 0.5) is 4.39 Å². The highest BCUT2D eigenvalue weighted by Crippen LogP contribution is 2.39. The van der Waals surface area contributed by atoms with Crippen LogP contribution in [0.15, 0.2) is 36.4 Å². The Bertz CT molecular complexity index is 820. The Hall–Kier alpha value is -2.27. The van der Waals surface area contributed by atoms with E-state index in [0.717, 1.165) is 48.3 Å². The molecule has 1 aromatic carbocycles. The number of halogens is 1. The van der Waals surface area contributed by atoms with Gasteiger partial charge in [-0.3, -0.25) is 15.1 Å². The summed E-state index contributed by atoms with van der Waals surface area (Å²) in [6, 6.07) is 10.7. The standard InChI is InChI=1S/C20H22FN3O/c1-13-11-15(14-3-5-16(21)6-4-14)12-18(22-13)17-7-8-20(23-17)9-10-24(2)19(20)25/h3-6,11-12,17,23H,7-10H2,1-2H3/t17-,20+/m0/s1. The summed E-state index contributed by atoms with van der Waals surface area (Å²) in [5, 5.41) is 3.56. The third kappa shape index (κ3) is 2.82. The van der Waals surface area contributed by atoms with Crippen LogP contribution in [0.25, 0.3) is 11.1 Å². The molecule has 130 valence electrons. The number of rotatable bonds is 2. The second kappa shape index (κ2) is 5.92. The fourth-order valence-corrected chi connectivity index (χ4v) is 4.07. The van der Waals surface area contributed by atoms with Crippen LogP contribution >= 0.6 is 0 Å². The fourth-order valence-electron chi connectivity index (χ4n) is 4.07. The highest BCUT2D eigenvalue weighted by atomic mass is 19.1. The molecule has 1 amide bonds. The molecule has 0 radical (unpaired) electrons. The number of aryl methyl sites for hydroxylation is 1. The first-order valence-corrected chi connectivity index (χ1v) is 8.75. The number of carbonyl (C=O) groups is 1. The first-order valence-electron chi connectivity index (χ1n) is 8.75. The molecule has 4 rings (SSSR count). The number of carbonyl (C=O) groups excluding carboxylic acids is 1. The Labute approximate surface area is 147 Å². The quantitative estimate of drug-likeness (QED) is 0.914. The van der Waals surface area contributed by atoms with Gasteiger partial charge in [-0.25, -0.2) is 4.39 Å². The minimum atomic E-state index is -0.416. The highest BCUT2D eigenvalue weighted by molar-refractivity contribution is 5.88. The maximum Gasteiger partial charge on any atom is 0.242 e. The summed E-state index contributed by atoms with van der Waals surface area (Å²) in [4.78, 5) is 19.0. The molecule has 1 spiro atoms. The molecular weight excluding hydrogens is 317 g/mol. The average Bonchev–Trinajstić information content (AvgIpc) is 3.15. The topological polar surface area (TPSA) is 45.2 Å². The molecule has 0 saturated carbocycles. The third-order valence-corrected chi connectivity index (χ3v) is 5.45. The van der Waals surface area contributed by atoms with E-state index in [1.54, 1.807) is 12.1 Å². The molecule has 4 nitrogen and oxygen atoms in total. The Morgan fingerprint density at radius 2 is 1.96 bits per heavy atom. The van der Waals surface area contributed by atoms with Crippen molar-refractivity contribution in [2.45, 2.75) is 37.8 Å². The number of aromatic nitrogens is 1. The van der Waals surface area contributed by atoms with Crippen LogP contribution in [0.2, 0.25) is 0 Å². The van der Waals surface area contributed by atoms with Gasteiger partial charge in [0.2, 0.25) is 5.91 Å². The Balaban J connectivity index is 1.63. The van der Waals surface area contributed by atoms with Crippen molar-refractivity contribution in [2.75, 3.05) is 13.6 Å². The zero-order chi connectivity index (χ0) is 17.6. The van der Waals surface area contributed by atoms with Gasteiger partial charge in [-0.2, -0.15) is 0 Å². The highest BCUT2D eigenvalue weighted by Gasteiger charge is 2.50. The number of nitrogens with one attached hydrogen (secondary N) is 1. The van der Waals surface area contributed by atoms with E-state index in [1.807, 2.05) is 24.9 Å². The molecular formula is C20H22FN3O. The summed E-state index contributed by atoms with van der Waals surface area (Å²) in [5.41, 5.74) is 3.46. The van der Waals surface area contributed by atoms with Gasteiger partial charge in [-0.05, 0) is 61.6 Å². The summed E-state index contributed by atoms with van der Waals surface area (Å²) in [7, 11) is 1.86. The SMILES string of the molecule is Cc1cc(-c2ccc(F)cc2)cc([C@@H]2CC[C@]3(CCN(C)C3=O)N2)n1. The first-order chi connectivity index (χ1) is 12.0. The van der Waals surface area contributed by atoms with Gasteiger partial charge in [0.1, 0.15) is 11.4 Å². The van der Waals surface area contributed by atoms with Crippen molar-refractivity contribution in [3.63, 3.8) is 0 Å². The molecule has 3 heterocycles. The van der Waals surface area contributed by atoms with Gasteiger partial charge in [0.25, 0.3) is 0 Å². The number of amides is 1. The molecule has 0 unspecified atom stereocenters. The van der Waals surface area contributed by atoms with E-state index in [1.165, 1.54) is 12.1 Å². The van der Waals surface area contributed by atoms with Gasteiger partial charge in [-0.15, -0.1) is 0 Å². The Kier molecular flexibility index (Phi) is 3.84. The molecule has 2 aliphatic heterocycles. The van der Waals surface area contributed by atoms with Crippen molar-refractivity contribution in [3.8, 4) is 11.1 Å². The van der Waals surface area contributed by atoms with E-state index in [4.69, 9.17) is 4.98 Å². The second-order valence-electron chi connectivity index (χ2n) is 7.22. The molecule has 2 aromatic rings. The molecule has 2 aliphatic rings. The lowest BCUT2D eigenvalue weighted by molar-refractivity contribution is -0.131. The lowest BCUT2D eigenvalue weighted by atomic mass is 9.96. The van der Waals surface area contributed by atoms with Crippen LogP contribution in [-0.2, 0) is 4.79 Å². The number of pyridine rings is 1. The van der Waals surface area contributed by atoms with Gasteiger partial charge in [-0.1, -0.05) is 12.1 Å². The van der Waals surface area contributed by atoms with Gasteiger partial charge >= 0.3 is 0 Å². The smallest absolute Gasteiger partial charge is 0.242 e. The summed E-state index contributed by atoms with van der Waals surface area (Å²) in [6.45, 7) is 2.77. The number of benzene rings is 1. The van der Waals surface area contributed by atoms with E-state index in [2.05, 4.69) is 11.4 Å². The second-order valence-corrected chi connectivity index (χ2v) is 7.22. The van der Waals surface area contributed by atoms with Crippen LogP contribution in [0.1, 0.15) is 36.7 Å². The van der Waals surface area contributed by atoms with Crippen LogP contribution in [0, 0.1) is 12.7 Å². The number of likely N-dealkylation sites (tertiary alicyclic amines) is 1. The number of likely N-dealkylation sites (N-methyl/N-ethyl adjacent to an activating group) is 1. The molecule has 5 heteroatoms. The summed E-state index contributed by atoms with van der Waals surface area (Å²) >= 11 is 0. The van der Waals surface area contributed by atoms with Crippen LogP contribution in [0.5, 0.6) is 0 Å². The largest absolute Gasteiger partial charge is 0.344 e. The summed E-state index contributed by atoms with van der Waals surface area (Å²) in [6.07, 6.45) is 2.61. The molecule has 2 fully saturated rings. The summed E-state index contributed by atoms with van der Waals surface area (Å²) in [5.74, 6) is -0.0422. The monoisotopic (exact) mass is 339 g/mol. The van der Waals surface area contributed by atoms with Crippen molar-refractivity contribution in [3.05, 3.63) is 53.6 Å². The van der Waals surface area contributed by atoms with Crippen molar-refractivity contribution >= 4 is 5.91 Å². The Morgan fingerprint density at radius 1 is 1.20 bits per heavy atom. The Morgan fingerprint density at radius 3 is 2.64 bits per heavy atom. The van der Waals surface area contributed by atoms with Crippen LogP contribution in [0.3, 0.4) is 0 Å². The van der Waals surface area contributed by atoms with E-state index in [-0.39, 0.29) is 17.8 Å². The van der Waals surface area contributed by atoms with Crippen LogP contribution < -0.4 is 5.32 Å². The maximum absolute atomic E-state index is 13.2. The third-order valence-electron chi connectivity index (χ3n) is 5.45. The number of hydrogen-bond acceptors (Lipinski definition) is 3. The van der Waals surface area contributed by atoms with E-state index >= 15 is 0 Å². The van der Waals surface area contributed by atoms with Crippen molar-refractivity contribution in [1.29, 1.82) is 0 Å². The number of hydrogen-bond donors (Lipinski definition) is 1. The minimum absolute atomic E-state index is 0.0783. The van der Waals surface area contributed by atoms with Gasteiger partial charge < -0.3 is 4.90 Å². The van der Waals surface area contributed by atoms with E-state index in [0.29, 0.717) is 0 Å². The van der Waals surface area contributed by atoms with Gasteiger partial charge in [0.05, 0.1) is 11.7 Å². The first kappa shape index (κ1) is 16.2. The summed E-state index contributed by atoms with van der Waals surface area (Å²) < 4.78 is 13.2. The zero-order valence-corrected chi connectivity index (χ0v) is 14.6. The molecule has 2 atom stereocenters. The van der Waals surface area contributed by atoms with Crippen LogP contribution in [-0.4, -0.2) is 34.9 Å². The molecule has 25 heavy (non-hydrogen) atoms. The van der Waals surface area contributed by atoms with Gasteiger partial charge in [0.15, 0.2) is 0 Å². The predicted molar refractivity (Wildman–Crippen MR) is 94.5 cm³/mol. The predicted octanol–water partition coefficient (Wildman–Crippen LogP) is 3.22. The van der Waals surface area contributed by atoms with Gasteiger partial charge in [0, 0.05) is 19.3 Å². The molecule has 1 N–H and O–H groups in total. The minimum Gasteiger partial charge on any atom is -0.344 e. The lowest BCUT2D eigenvalue weighted by Gasteiger charge is -2.23. The van der Waals surface area contributed by atoms with E-state index in [9.17, 15) is 9.18 Å². The molecule has 1 aromatic heterocycles. The molecule has 0 aliphatic carbocycles. The molecule has 0 bridgehead atoms. The van der Waals surface area contributed by atoms with Crippen molar-refractivity contribution in [2.24, 2.45) is 0 Å². The number of nitrogens with zero attached hydrogens (tertiary/aromatic N) is 2. The van der Waals surface area contributed by atoms with E-state index < -0.39 is 5.54 Å².